The molecule has 21 heavy (non-hydrogen) atoms. The van der Waals surface area contributed by atoms with Gasteiger partial charge in [0.1, 0.15) is 17.3 Å². The first-order chi connectivity index (χ1) is 10.1. The molecule has 0 saturated heterocycles. The summed E-state index contributed by atoms with van der Waals surface area (Å²) in [5, 5.41) is 3.35. The lowest BCUT2D eigenvalue weighted by molar-refractivity contribution is 0.473. The van der Waals surface area contributed by atoms with Gasteiger partial charge in [-0.15, -0.1) is 0 Å². The highest BCUT2D eigenvalue weighted by Gasteiger charge is 2.07. The minimum absolute atomic E-state index is 0.326. The summed E-state index contributed by atoms with van der Waals surface area (Å²) in [7, 11) is 0. The molecule has 0 amide bonds. The van der Waals surface area contributed by atoms with E-state index in [4.69, 9.17) is 4.74 Å². The number of benzene rings is 2. The van der Waals surface area contributed by atoms with Crippen LogP contribution in [0.25, 0.3) is 0 Å². The summed E-state index contributed by atoms with van der Waals surface area (Å²) < 4.78 is 20.6. The van der Waals surface area contributed by atoms with Gasteiger partial charge in [-0.05, 0) is 58.7 Å². The third kappa shape index (κ3) is 4.80. The third-order valence-electron chi connectivity index (χ3n) is 2.89. The van der Waals surface area contributed by atoms with Crippen LogP contribution in [-0.2, 0) is 6.54 Å². The average molecular weight is 417 g/mol. The van der Waals surface area contributed by atoms with Gasteiger partial charge >= 0.3 is 0 Å². The van der Waals surface area contributed by atoms with Crippen molar-refractivity contribution in [1.82, 2.24) is 5.32 Å². The van der Waals surface area contributed by atoms with E-state index in [1.165, 1.54) is 12.1 Å². The Hall–Kier alpha value is -0.910. The number of nitrogens with one attached hydrogen (secondary N) is 1. The SMILES string of the molecule is CCCNCc1ccc(Oc2cc(F)ccc2Br)cc1Br. The van der Waals surface area contributed by atoms with Gasteiger partial charge in [-0.1, -0.05) is 28.9 Å². The highest BCUT2D eigenvalue weighted by atomic mass is 79.9. The van der Waals surface area contributed by atoms with Gasteiger partial charge in [-0.3, -0.25) is 0 Å². The first-order valence-corrected chi connectivity index (χ1v) is 8.31. The predicted octanol–water partition coefficient (Wildman–Crippen LogP) is 5.64. The summed E-state index contributed by atoms with van der Waals surface area (Å²) in [5.41, 5.74) is 1.16. The Balaban J connectivity index is 2.11. The normalized spacial score (nSPS) is 10.7. The Morgan fingerprint density at radius 2 is 1.90 bits per heavy atom. The van der Waals surface area contributed by atoms with Crippen molar-refractivity contribution in [3.8, 4) is 11.5 Å². The smallest absolute Gasteiger partial charge is 0.144 e. The van der Waals surface area contributed by atoms with E-state index in [9.17, 15) is 4.39 Å². The molecule has 0 heterocycles. The minimum Gasteiger partial charge on any atom is -0.456 e. The Morgan fingerprint density at radius 3 is 2.62 bits per heavy atom. The predicted molar refractivity (Wildman–Crippen MR) is 90.3 cm³/mol. The summed E-state index contributed by atoms with van der Waals surface area (Å²) in [6.45, 7) is 3.93. The molecule has 0 saturated carbocycles. The van der Waals surface area contributed by atoms with E-state index in [-0.39, 0.29) is 5.82 Å². The molecule has 0 atom stereocenters. The van der Waals surface area contributed by atoms with Gasteiger partial charge in [0.25, 0.3) is 0 Å². The number of hydrogen-bond acceptors (Lipinski definition) is 2. The van der Waals surface area contributed by atoms with Crippen molar-refractivity contribution in [1.29, 1.82) is 0 Å². The van der Waals surface area contributed by atoms with Crippen molar-refractivity contribution in [2.24, 2.45) is 0 Å². The van der Waals surface area contributed by atoms with Crippen molar-refractivity contribution >= 4 is 31.9 Å². The molecule has 112 valence electrons. The fourth-order valence-electron chi connectivity index (χ4n) is 1.82. The van der Waals surface area contributed by atoms with Crippen LogP contribution in [0.15, 0.2) is 45.3 Å². The second kappa shape index (κ2) is 7.92. The van der Waals surface area contributed by atoms with Crippen LogP contribution in [0, 0.1) is 5.82 Å². The van der Waals surface area contributed by atoms with Crippen molar-refractivity contribution in [2.45, 2.75) is 19.9 Å². The fourth-order valence-corrected chi connectivity index (χ4v) is 2.64. The van der Waals surface area contributed by atoms with E-state index in [0.717, 1.165) is 29.5 Å². The summed E-state index contributed by atoms with van der Waals surface area (Å²) in [6, 6.07) is 10.1. The van der Waals surface area contributed by atoms with E-state index >= 15 is 0 Å². The van der Waals surface area contributed by atoms with Gasteiger partial charge in [0.05, 0.1) is 4.47 Å². The molecule has 1 N–H and O–H groups in total. The largest absolute Gasteiger partial charge is 0.456 e. The Bertz CT molecular complexity index is 619. The Labute approximate surface area is 141 Å². The van der Waals surface area contributed by atoms with Crippen LogP contribution < -0.4 is 10.1 Å². The van der Waals surface area contributed by atoms with Crippen molar-refractivity contribution in [3.63, 3.8) is 0 Å². The molecular formula is C16H16Br2FNO. The second-order valence-corrected chi connectivity index (χ2v) is 6.32. The molecule has 2 aromatic rings. The summed E-state index contributed by atoms with van der Waals surface area (Å²) >= 11 is 6.89. The maximum Gasteiger partial charge on any atom is 0.144 e. The van der Waals surface area contributed by atoms with Crippen LogP contribution in [0.4, 0.5) is 4.39 Å². The number of ether oxygens (including phenoxy) is 1. The molecule has 2 rings (SSSR count). The summed E-state index contributed by atoms with van der Waals surface area (Å²) in [6.07, 6.45) is 1.10. The Kier molecular flexibility index (Phi) is 6.21. The first-order valence-electron chi connectivity index (χ1n) is 6.72. The van der Waals surface area contributed by atoms with E-state index < -0.39 is 0 Å². The van der Waals surface area contributed by atoms with E-state index in [1.54, 1.807) is 6.07 Å². The van der Waals surface area contributed by atoms with Crippen molar-refractivity contribution in [2.75, 3.05) is 6.54 Å². The van der Waals surface area contributed by atoms with Crippen LogP contribution in [0.2, 0.25) is 0 Å². The standard InChI is InChI=1S/C16H16Br2FNO/c1-2-7-20-10-11-3-5-13(9-15(11)18)21-16-8-12(19)4-6-14(16)17/h3-6,8-9,20H,2,7,10H2,1H3. The quantitative estimate of drug-likeness (QED) is 0.615. The number of rotatable bonds is 6. The van der Waals surface area contributed by atoms with Gasteiger partial charge < -0.3 is 10.1 Å². The average Bonchev–Trinajstić information content (AvgIpc) is 2.45. The molecule has 0 unspecified atom stereocenters. The summed E-state index contributed by atoms with van der Waals surface area (Å²) in [4.78, 5) is 0. The lowest BCUT2D eigenvalue weighted by atomic mass is 10.2. The zero-order valence-electron chi connectivity index (χ0n) is 11.6. The first kappa shape index (κ1) is 16.5. The maximum atomic E-state index is 13.2. The van der Waals surface area contributed by atoms with E-state index in [2.05, 4.69) is 44.1 Å². The Morgan fingerprint density at radius 1 is 1.10 bits per heavy atom. The van der Waals surface area contributed by atoms with Crippen molar-refractivity contribution < 1.29 is 9.13 Å². The fraction of sp³-hybridized carbons (Fsp3) is 0.250. The molecule has 0 aliphatic carbocycles. The highest BCUT2D eigenvalue weighted by Crippen LogP contribution is 2.32. The van der Waals surface area contributed by atoms with Gasteiger partial charge in [0.15, 0.2) is 0 Å². The van der Waals surface area contributed by atoms with Crippen LogP contribution in [-0.4, -0.2) is 6.54 Å². The molecule has 0 fully saturated rings. The summed E-state index contributed by atoms with van der Waals surface area (Å²) in [5.74, 6) is 0.791. The zero-order chi connectivity index (χ0) is 15.2. The van der Waals surface area contributed by atoms with E-state index in [1.807, 2.05) is 18.2 Å². The molecular weight excluding hydrogens is 401 g/mol. The van der Waals surface area contributed by atoms with Crippen molar-refractivity contribution in [3.05, 3.63) is 56.7 Å². The third-order valence-corrected chi connectivity index (χ3v) is 4.28. The minimum atomic E-state index is -0.326. The molecule has 2 aromatic carbocycles. The molecule has 0 aromatic heterocycles. The van der Waals surface area contributed by atoms with Gasteiger partial charge in [0.2, 0.25) is 0 Å². The molecule has 0 aliphatic rings. The molecule has 0 radical (unpaired) electrons. The monoisotopic (exact) mass is 415 g/mol. The molecule has 2 nitrogen and oxygen atoms in total. The topological polar surface area (TPSA) is 21.3 Å². The number of halogens is 3. The van der Waals surface area contributed by atoms with Gasteiger partial charge in [0, 0.05) is 17.1 Å². The van der Waals surface area contributed by atoms with E-state index in [0.29, 0.717) is 16.0 Å². The lowest BCUT2D eigenvalue weighted by Crippen LogP contribution is -2.14. The lowest BCUT2D eigenvalue weighted by Gasteiger charge is -2.11. The number of hydrogen-bond donors (Lipinski definition) is 1. The second-order valence-electron chi connectivity index (χ2n) is 4.61. The van der Waals surface area contributed by atoms with Crippen LogP contribution in [0.1, 0.15) is 18.9 Å². The van der Waals surface area contributed by atoms with Crippen LogP contribution >= 0.6 is 31.9 Å². The van der Waals surface area contributed by atoms with Crippen LogP contribution in [0.5, 0.6) is 11.5 Å². The molecule has 0 spiro atoms. The molecule has 5 heteroatoms. The zero-order valence-corrected chi connectivity index (χ0v) is 14.8. The van der Waals surface area contributed by atoms with Crippen LogP contribution in [0.3, 0.4) is 0 Å². The molecule has 0 bridgehead atoms. The maximum absolute atomic E-state index is 13.2. The van der Waals surface area contributed by atoms with Gasteiger partial charge in [-0.25, -0.2) is 4.39 Å². The highest BCUT2D eigenvalue weighted by molar-refractivity contribution is 9.10. The molecule has 0 aliphatic heterocycles. The van der Waals surface area contributed by atoms with Gasteiger partial charge in [-0.2, -0.15) is 0 Å².